The highest BCUT2D eigenvalue weighted by Gasteiger charge is 2.08. The number of hydrogen-bond donors (Lipinski definition) is 2. The number of pyridine rings is 1. The third-order valence-corrected chi connectivity index (χ3v) is 4.16. The van der Waals surface area contributed by atoms with Crippen molar-refractivity contribution in [3.63, 3.8) is 0 Å². The zero-order chi connectivity index (χ0) is 19.3. The van der Waals surface area contributed by atoms with Crippen LogP contribution in [-0.4, -0.2) is 38.3 Å². The Kier molecular flexibility index (Phi) is 4.92. The number of fused-ring (bicyclic) bond motifs is 1. The predicted octanol–water partition coefficient (Wildman–Crippen LogP) is 2.77. The molecule has 1 aromatic carbocycles. The minimum atomic E-state index is -0.325. The number of carbonyl (C=O) groups excluding carboxylic acids is 1. The monoisotopic (exact) mass is 376 g/mol. The van der Waals surface area contributed by atoms with Crippen LogP contribution in [0.1, 0.15) is 10.4 Å². The maximum absolute atomic E-state index is 13.3. The summed E-state index contributed by atoms with van der Waals surface area (Å²) in [5.41, 5.74) is 2.44. The summed E-state index contributed by atoms with van der Waals surface area (Å²) < 4.78 is 15.2. The molecule has 0 atom stereocenters. The Hall–Kier alpha value is -3.81. The van der Waals surface area contributed by atoms with Crippen molar-refractivity contribution in [2.45, 2.75) is 0 Å². The highest BCUT2D eigenvalue weighted by molar-refractivity contribution is 5.94. The Morgan fingerprint density at radius 3 is 2.68 bits per heavy atom. The van der Waals surface area contributed by atoms with E-state index in [0.717, 1.165) is 5.65 Å². The molecule has 0 spiro atoms. The molecule has 4 aromatic rings. The van der Waals surface area contributed by atoms with E-state index in [2.05, 4.69) is 25.6 Å². The molecule has 7 nitrogen and oxygen atoms in total. The van der Waals surface area contributed by atoms with Gasteiger partial charge in [-0.15, -0.1) is 0 Å². The molecule has 3 heterocycles. The molecule has 0 unspecified atom stereocenters. The number of imidazole rings is 1. The largest absolute Gasteiger partial charge is 0.365 e. The van der Waals surface area contributed by atoms with Gasteiger partial charge in [0.15, 0.2) is 11.5 Å². The van der Waals surface area contributed by atoms with Crippen LogP contribution < -0.4 is 10.6 Å². The molecule has 0 radical (unpaired) electrons. The number of rotatable bonds is 6. The van der Waals surface area contributed by atoms with Gasteiger partial charge in [0.25, 0.3) is 5.91 Å². The van der Waals surface area contributed by atoms with Crippen LogP contribution in [-0.2, 0) is 0 Å². The van der Waals surface area contributed by atoms with E-state index in [0.29, 0.717) is 35.7 Å². The molecule has 0 fully saturated rings. The number of anilines is 1. The van der Waals surface area contributed by atoms with Crippen LogP contribution in [0, 0.1) is 5.82 Å². The summed E-state index contributed by atoms with van der Waals surface area (Å²) in [5.74, 6) is 0.101. The molecule has 0 saturated heterocycles. The number of benzene rings is 1. The van der Waals surface area contributed by atoms with Crippen LogP contribution in [0.2, 0.25) is 0 Å². The van der Waals surface area contributed by atoms with Crippen LogP contribution >= 0.6 is 0 Å². The fourth-order valence-corrected chi connectivity index (χ4v) is 2.78. The van der Waals surface area contributed by atoms with Crippen LogP contribution in [0.3, 0.4) is 0 Å². The molecule has 4 rings (SSSR count). The molecule has 2 N–H and O–H groups in total. The lowest BCUT2D eigenvalue weighted by atomic mass is 10.1. The fraction of sp³-hybridized carbons (Fsp3) is 0.100. The van der Waals surface area contributed by atoms with E-state index in [1.165, 1.54) is 18.3 Å². The molecule has 8 heteroatoms. The van der Waals surface area contributed by atoms with Gasteiger partial charge >= 0.3 is 0 Å². The summed E-state index contributed by atoms with van der Waals surface area (Å²) in [7, 11) is 0. The van der Waals surface area contributed by atoms with Crippen molar-refractivity contribution in [1.82, 2.24) is 24.7 Å². The van der Waals surface area contributed by atoms with E-state index in [1.54, 1.807) is 36.7 Å². The van der Waals surface area contributed by atoms with E-state index in [4.69, 9.17) is 0 Å². The minimum absolute atomic E-state index is 0.230. The molecule has 28 heavy (non-hydrogen) atoms. The molecule has 140 valence electrons. The molecule has 0 saturated carbocycles. The van der Waals surface area contributed by atoms with E-state index in [-0.39, 0.29) is 11.7 Å². The Bertz CT molecular complexity index is 1110. The molecule has 1 amide bonds. The lowest BCUT2D eigenvalue weighted by Crippen LogP contribution is -2.29. The highest BCUT2D eigenvalue weighted by Crippen LogP contribution is 2.18. The Morgan fingerprint density at radius 2 is 1.89 bits per heavy atom. The zero-order valence-corrected chi connectivity index (χ0v) is 14.8. The molecular formula is C20H17FN6O. The topological polar surface area (TPSA) is 84.2 Å². The van der Waals surface area contributed by atoms with E-state index in [9.17, 15) is 9.18 Å². The van der Waals surface area contributed by atoms with E-state index >= 15 is 0 Å². The first-order chi connectivity index (χ1) is 13.7. The number of halogens is 1. The van der Waals surface area contributed by atoms with Crippen LogP contribution in [0.5, 0.6) is 0 Å². The third kappa shape index (κ3) is 3.80. The zero-order valence-electron chi connectivity index (χ0n) is 14.8. The lowest BCUT2D eigenvalue weighted by Gasteiger charge is -2.08. The summed E-state index contributed by atoms with van der Waals surface area (Å²) in [4.78, 5) is 25.0. The van der Waals surface area contributed by atoms with Gasteiger partial charge in [0.1, 0.15) is 5.82 Å². The summed E-state index contributed by atoms with van der Waals surface area (Å²) >= 11 is 0. The average molecular weight is 376 g/mol. The second-order valence-electron chi connectivity index (χ2n) is 6.06. The number of carbonyl (C=O) groups is 1. The second kappa shape index (κ2) is 7.83. The fourth-order valence-electron chi connectivity index (χ4n) is 2.78. The molecule has 0 aliphatic carbocycles. The van der Waals surface area contributed by atoms with Gasteiger partial charge in [-0.25, -0.2) is 14.4 Å². The number of nitrogens with one attached hydrogen (secondary N) is 2. The minimum Gasteiger partial charge on any atom is -0.365 e. The summed E-state index contributed by atoms with van der Waals surface area (Å²) in [6.45, 7) is 0.911. The Labute approximate surface area is 160 Å². The van der Waals surface area contributed by atoms with Crippen molar-refractivity contribution in [2.24, 2.45) is 0 Å². The number of hydrogen-bond acceptors (Lipinski definition) is 5. The Morgan fingerprint density at radius 1 is 1.04 bits per heavy atom. The van der Waals surface area contributed by atoms with Gasteiger partial charge in [-0.2, -0.15) is 0 Å². The maximum atomic E-state index is 13.3. The quantitative estimate of drug-likeness (QED) is 0.506. The van der Waals surface area contributed by atoms with E-state index in [1.807, 2.05) is 16.8 Å². The van der Waals surface area contributed by atoms with Crippen LogP contribution in [0.25, 0.3) is 16.9 Å². The molecule has 3 aromatic heterocycles. The van der Waals surface area contributed by atoms with Crippen molar-refractivity contribution in [1.29, 1.82) is 0 Å². The normalized spacial score (nSPS) is 10.8. The standard InChI is InChI=1S/C20H17FN6O/c21-16-3-1-2-14(12-16)17-5-4-15(13-26-17)20(28)25-7-6-22-18-19-24-9-11-27(19)10-8-23-18/h1-5,8-13H,6-7H2,(H,22,23)(H,25,28). The number of amides is 1. The number of aromatic nitrogens is 4. The van der Waals surface area contributed by atoms with Gasteiger partial charge < -0.3 is 15.0 Å². The van der Waals surface area contributed by atoms with Gasteiger partial charge in [-0.05, 0) is 24.3 Å². The number of nitrogens with zero attached hydrogens (tertiary/aromatic N) is 4. The van der Waals surface area contributed by atoms with Crippen molar-refractivity contribution in [3.05, 3.63) is 78.8 Å². The van der Waals surface area contributed by atoms with Crippen molar-refractivity contribution in [3.8, 4) is 11.3 Å². The maximum Gasteiger partial charge on any atom is 0.252 e. The predicted molar refractivity (Wildman–Crippen MR) is 103 cm³/mol. The third-order valence-electron chi connectivity index (χ3n) is 4.16. The first kappa shape index (κ1) is 17.6. The molecule has 0 aliphatic heterocycles. The SMILES string of the molecule is O=C(NCCNc1nccn2ccnc12)c1ccc(-c2cccc(F)c2)nc1. The van der Waals surface area contributed by atoms with Crippen LogP contribution in [0.15, 0.2) is 67.4 Å². The van der Waals surface area contributed by atoms with Gasteiger partial charge in [0.2, 0.25) is 0 Å². The van der Waals surface area contributed by atoms with Crippen molar-refractivity contribution in [2.75, 3.05) is 18.4 Å². The van der Waals surface area contributed by atoms with Crippen molar-refractivity contribution >= 4 is 17.4 Å². The smallest absolute Gasteiger partial charge is 0.252 e. The second-order valence-corrected chi connectivity index (χ2v) is 6.06. The van der Waals surface area contributed by atoms with Crippen LogP contribution in [0.4, 0.5) is 10.2 Å². The van der Waals surface area contributed by atoms with Gasteiger partial charge in [0.05, 0.1) is 11.3 Å². The van der Waals surface area contributed by atoms with Gasteiger partial charge in [0, 0.05) is 49.6 Å². The first-order valence-corrected chi connectivity index (χ1v) is 8.72. The van der Waals surface area contributed by atoms with E-state index < -0.39 is 0 Å². The summed E-state index contributed by atoms with van der Waals surface area (Å²) in [6, 6.07) is 9.54. The summed E-state index contributed by atoms with van der Waals surface area (Å²) in [6.07, 6.45) is 8.52. The average Bonchev–Trinajstić information content (AvgIpc) is 3.21. The van der Waals surface area contributed by atoms with Gasteiger partial charge in [-0.3, -0.25) is 9.78 Å². The van der Waals surface area contributed by atoms with Crippen molar-refractivity contribution < 1.29 is 9.18 Å². The molecule has 0 aliphatic rings. The highest BCUT2D eigenvalue weighted by atomic mass is 19.1. The lowest BCUT2D eigenvalue weighted by molar-refractivity contribution is 0.0955. The van der Waals surface area contributed by atoms with Gasteiger partial charge in [-0.1, -0.05) is 12.1 Å². The molecular weight excluding hydrogens is 359 g/mol. The Balaban J connectivity index is 1.32. The summed E-state index contributed by atoms with van der Waals surface area (Å²) in [5, 5.41) is 5.98. The first-order valence-electron chi connectivity index (χ1n) is 8.72. The molecule has 0 bridgehead atoms.